The summed E-state index contributed by atoms with van der Waals surface area (Å²) in [4.78, 5) is 25.6. The number of nitrogens with zero attached hydrogens (tertiary/aromatic N) is 1. The van der Waals surface area contributed by atoms with E-state index >= 15 is 0 Å². The lowest BCUT2D eigenvalue weighted by atomic mass is 9.82. The lowest BCUT2D eigenvalue weighted by Crippen LogP contribution is -2.58. The second kappa shape index (κ2) is 6.26. The van der Waals surface area contributed by atoms with Crippen LogP contribution in [0.4, 0.5) is 4.79 Å². The molecule has 0 spiro atoms. The van der Waals surface area contributed by atoms with Crippen molar-refractivity contribution in [3.05, 3.63) is 0 Å². The van der Waals surface area contributed by atoms with Gasteiger partial charge >= 0.3 is 12.0 Å². The number of aliphatic carboxylic acids is 1. The van der Waals surface area contributed by atoms with Crippen molar-refractivity contribution < 1.29 is 14.7 Å². The van der Waals surface area contributed by atoms with Crippen molar-refractivity contribution in [1.29, 1.82) is 0 Å². The Kier molecular flexibility index (Phi) is 4.66. The molecule has 2 rings (SSSR count). The van der Waals surface area contributed by atoms with Crippen molar-refractivity contribution in [2.24, 2.45) is 0 Å². The van der Waals surface area contributed by atoms with Gasteiger partial charge in [0, 0.05) is 13.1 Å². The number of nitrogens with one attached hydrogen (secondary N) is 1. The molecule has 2 fully saturated rings. The third kappa shape index (κ3) is 3.39. The minimum Gasteiger partial charge on any atom is -0.480 e. The van der Waals surface area contributed by atoms with Crippen molar-refractivity contribution >= 4 is 12.0 Å². The lowest BCUT2D eigenvalue weighted by Gasteiger charge is -2.36. The van der Waals surface area contributed by atoms with Gasteiger partial charge in [-0.15, -0.1) is 0 Å². The van der Waals surface area contributed by atoms with E-state index in [1.807, 2.05) is 0 Å². The quantitative estimate of drug-likeness (QED) is 0.807. The van der Waals surface area contributed by atoms with Crippen LogP contribution in [0.2, 0.25) is 0 Å². The van der Waals surface area contributed by atoms with Crippen LogP contribution in [-0.4, -0.2) is 40.6 Å². The average Bonchev–Trinajstić information content (AvgIpc) is 2.68. The second-order valence-corrected chi connectivity index (χ2v) is 5.78. The highest BCUT2D eigenvalue weighted by Gasteiger charge is 2.41. The molecular weight excluding hydrogens is 244 g/mol. The molecule has 5 heteroatoms. The number of carboxylic acid groups (broad SMARTS) is 1. The standard InChI is InChI=1S/C14H24N2O3/c17-12(18)14(8-4-3-5-9-14)15-13(19)16-10-6-1-2-7-11-16/h1-11H2,(H,15,19)(H,17,18). The predicted molar refractivity (Wildman–Crippen MR) is 72.0 cm³/mol. The first-order chi connectivity index (χ1) is 9.14. The molecule has 2 aliphatic rings. The first-order valence-electron chi connectivity index (χ1n) is 7.45. The summed E-state index contributed by atoms with van der Waals surface area (Å²) in [6.07, 6.45) is 8.31. The molecule has 0 aromatic rings. The van der Waals surface area contributed by atoms with Gasteiger partial charge in [0.05, 0.1) is 0 Å². The monoisotopic (exact) mass is 268 g/mol. The van der Waals surface area contributed by atoms with E-state index < -0.39 is 11.5 Å². The zero-order valence-corrected chi connectivity index (χ0v) is 11.5. The Morgan fingerprint density at radius 1 is 0.895 bits per heavy atom. The van der Waals surface area contributed by atoms with Crippen LogP contribution < -0.4 is 5.32 Å². The Hall–Kier alpha value is -1.26. The summed E-state index contributed by atoms with van der Waals surface area (Å²) < 4.78 is 0. The first kappa shape index (κ1) is 14.2. The maximum atomic E-state index is 12.3. The molecule has 19 heavy (non-hydrogen) atoms. The SMILES string of the molecule is O=C(NC1(C(=O)O)CCCCC1)N1CCCCCC1. The molecular formula is C14H24N2O3. The summed E-state index contributed by atoms with van der Waals surface area (Å²) in [7, 11) is 0. The maximum Gasteiger partial charge on any atom is 0.329 e. The number of hydrogen-bond acceptors (Lipinski definition) is 2. The van der Waals surface area contributed by atoms with Gasteiger partial charge in [-0.1, -0.05) is 32.1 Å². The number of urea groups is 1. The highest BCUT2D eigenvalue weighted by Crippen LogP contribution is 2.28. The Bertz CT molecular complexity index is 330. The van der Waals surface area contributed by atoms with Crippen LogP contribution in [-0.2, 0) is 4.79 Å². The number of likely N-dealkylation sites (tertiary alicyclic amines) is 1. The molecule has 0 bridgehead atoms. The van der Waals surface area contributed by atoms with Crippen molar-refractivity contribution in [1.82, 2.24) is 10.2 Å². The summed E-state index contributed by atoms with van der Waals surface area (Å²) in [6.45, 7) is 1.50. The fraction of sp³-hybridized carbons (Fsp3) is 0.857. The van der Waals surface area contributed by atoms with Crippen molar-refractivity contribution in [2.45, 2.75) is 63.3 Å². The van der Waals surface area contributed by atoms with E-state index in [1.165, 1.54) is 0 Å². The molecule has 1 heterocycles. The zero-order chi connectivity index (χ0) is 13.7. The molecule has 2 N–H and O–H groups in total. The molecule has 0 aromatic carbocycles. The van der Waals surface area contributed by atoms with Crippen LogP contribution in [0.15, 0.2) is 0 Å². The maximum absolute atomic E-state index is 12.3. The lowest BCUT2D eigenvalue weighted by molar-refractivity contribution is -0.146. The van der Waals surface area contributed by atoms with E-state index in [-0.39, 0.29) is 6.03 Å². The molecule has 1 saturated heterocycles. The summed E-state index contributed by atoms with van der Waals surface area (Å²) in [5.41, 5.74) is -1.03. The van der Waals surface area contributed by atoms with E-state index in [0.29, 0.717) is 12.8 Å². The summed E-state index contributed by atoms with van der Waals surface area (Å²) >= 11 is 0. The Balaban J connectivity index is 1.99. The van der Waals surface area contributed by atoms with Crippen molar-refractivity contribution in [3.63, 3.8) is 0 Å². The number of carbonyl (C=O) groups is 2. The third-order valence-corrected chi connectivity index (χ3v) is 4.36. The number of carboxylic acids is 1. The third-order valence-electron chi connectivity index (χ3n) is 4.36. The topological polar surface area (TPSA) is 69.6 Å². The minimum absolute atomic E-state index is 0.189. The number of carbonyl (C=O) groups excluding carboxylic acids is 1. The van der Waals surface area contributed by atoms with Gasteiger partial charge in [0.1, 0.15) is 5.54 Å². The van der Waals surface area contributed by atoms with Gasteiger partial charge in [-0.3, -0.25) is 0 Å². The van der Waals surface area contributed by atoms with E-state index in [0.717, 1.165) is 58.0 Å². The van der Waals surface area contributed by atoms with Gasteiger partial charge in [-0.2, -0.15) is 0 Å². The van der Waals surface area contributed by atoms with Gasteiger partial charge in [0.15, 0.2) is 0 Å². The average molecular weight is 268 g/mol. The molecule has 1 aliphatic carbocycles. The van der Waals surface area contributed by atoms with Gasteiger partial charge in [-0.05, 0) is 25.7 Å². The van der Waals surface area contributed by atoms with Crippen LogP contribution in [0.1, 0.15) is 57.8 Å². The van der Waals surface area contributed by atoms with Gasteiger partial charge in [0.2, 0.25) is 0 Å². The van der Waals surface area contributed by atoms with Crippen molar-refractivity contribution in [3.8, 4) is 0 Å². The minimum atomic E-state index is -1.03. The van der Waals surface area contributed by atoms with Gasteiger partial charge < -0.3 is 15.3 Å². The van der Waals surface area contributed by atoms with Crippen LogP contribution in [0, 0.1) is 0 Å². The Morgan fingerprint density at radius 3 is 1.95 bits per heavy atom. The van der Waals surface area contributed by atoms with Crippen LogP contribution in [0.5, 0.6) is 0 Å². The Morgan fingerprint density at radius 2 is 1.42 bits per heavy atom. The first-order valence-corrected chi connectivity index (χ1v) is 7.45. The highest BCUT2D eigenvalue weighted by atomic mass is 16.4. The molecule has 0 atom stereocenters. The fourth-order valence-electron chi connectivity index (χ4n) is 3.11. The van der Waals surface area contributed by atoms with E-state index in [4.69, 9.17) is 0 Å². The number of rotatable bonds is 2. The van der Waals surface area contributed by atoms with Gasteiger partial charge in [0.25, 0.3) is 0 Å². The molecule has 2 amide bonds. The molecule has 0 radical (unpaired) electrons. The fourth-order valence-corrected chi connectivity index (χ4v) is 3.11. The van der Waals surface area contributed by atoms with Crippen molar-refractivity contribution in [2.75, 3.05) is 13.1 Å². The van der Waals surface area contributed by atoms with Crippen LogP contribution >= 0.6 is 0 Å². The van der Waals surface area contributed by atoms with Crippen LogP contribution in [0.3, 0.4) is 0 Å². The summed E-state index contributed by atoms with van der Waals surface area (Å²) in [6, 6.07) is -0.189. The summed E-state index contributed by atoms with van der Waals surface area (Å²) in [5, 5.41) is 12.3. The van der Waals surface area contributed by atoms with E-state index in [1.54, 1.807) is 4.90 Å². The number of hydrogen-bond donors (Lipinski definition) is 2. The second-order valence-electron chi connectivity index (χ2n) is 5.78. The molecule has 1 aliphatic heterocycles. The van der Waals surface area contributed by atoms with E-state index in [2.05, 4.69) is 5.32 Å². The molecule has 108 valence electrons. The highest BCUT2D eigenvalue weighted by molar-refractivity contribution is 5.86. The molecule has 0 unspecified atom stereocenters. The van der Waals surface area contributed by atoms with Gasteiger partial charge in [-0.25, -0.2) is 9.59 Å². The molecule has 1 saturated carbocycles. The molecule has 0 aromatic heterocycles. The van der Waals surface area contributed by atoms with E-state index in [9.17, 15) is 14.7 Å². The van der Waals surface area contributed by atoms with Crippen LogP contribution in [0.25, 0.3) is 0 Å². The molecule has 5 nitrogen and oxygen atoms in total. The zero-order valence-electron chi connectivity index (χ0n) is 11.5. The predicted octanol–water partition coefficient (Wildman–Crippen LogP) is 2.36. The number of amides is 2. The smallest absolute Gasteiger partial charge is 0.329 e. The largest absolute Gasteiger partial charge is 0.480 e. The normalized spacial score (nSPS) is 23.5. The summed E-state index contributed by atoms with van der Waals surface area (Å²) in [5.74, 6) is -0.879. The Labute approximate surface area is 114 Å².